The summed E-state index contributed by atoms with van der Waals surface area (Å²) in [5, 5.41) is 12.9. The van der Waals surface area contributed by atoms with Crippen molar-refractivity contribution in [2.45, 2.75) is 52.8 Å². The number of pyridine rings is 1. The highest BCUT2D eigenvalue weighted by Crippen LogP contribution is 2.29. The third-order valence-electron chi connectivity index (χ3n) is 6.28. The van der Waals surface area contributed by atoms with Gasteiger partial charge < -0.3 is 15.0 Å². The van der Waals surface area contributed by atoms with E-state index in [0.717, 1.165) is 42.1 Å². The van der Waals surface area contributed by atoms with E-state index < -0.39 is 0 Å². The second kappa shape index (κ2) is 9.31. The second-order valence-corrected chi connectivity index (χ2v) is 9.48. The van der Waals surface area contributed by atoms with Crippen molar-refractivity contribution >= 4 is 22.8 Å². The topological polar surface area (TPSA) is 92.0 Å². The van der Waals surface area contributed by atoms with Crippen molar-refractivity contribution in [2.24, 2.45) is 0 Å². The lowest BCUT2D eigenvalue weighted by Gasteiger charge is -2.29. The van der Waals surface area contributed by atoms with Crippen molar-refractivity contribution in [3.8, 4) is 11.3 Å². The molecule has 1 aliphatic heterocycles. The quantitative estimate of drug-likeness (QED) is 0.427. The van der Waals surface area contributed by atoms with Crippen molar-refractivity contribution in [1.29, 1.82) is 0 Å². The molecule has 9 heteroatoms. The summed E-state index contributed by atoms with van der Waals surface area (Å²) in [4.78, 5) is 20.4. The van der Waals surface area contributed by atoms with Crippen molar-refractivity contribution < 1.29 is 9.50 Å². The lowest BCUT2D eigenvalue weighted by molar-refractivity contribution is 0.118. The summed E-state index contributed by atoms with van der Waals surface area (Å²) in [7, 11) is 0. The molecule has 1 aliphatic rings. The van der Waals surface area contributed by atoms with Gasteiger partial charge in [0.05, 0.1) is 17.3 Å². The molecule has 1 atom stereocenters. The molecular formula is C26H30FN7O. The number of hydrogen-bond donors (Lipinski definition) is 2. The monoisotopic (exact) mass is 475 g/mol. The zero-order valence-electron chi connectivity index (χ0n) is 20.5. The summed E-state index contributed by atoms with van der Waals surface area (Å²) in [6, 6.07) is 9.30. The number of halogens is 1. The molecule has 0 saturated carbocycles. The van der Waals surface area contributed by atoms with Gasteiger partial charge in [0.25, 0.3) is 0 Å². The molecule has 0 bridgehead atoms. The number of aliphatic hydroxyl groups is 1. The lowest BCUT2D eigenvalue weighted by Crippen LogP contribution is -2.36. The highest BCUT2D eigenvalue weighted by atomic mass is 19.1. The normalized spacial score (nSPS) is 14.9. The van der Waals surface area contributed by atoms with Crippen molar-refractivity contribution in [3.63, 3.8) is 0 Å². The minimum absolute atomic E-state index is 0.159. The molecular weight excluding hydrogens is 445 g/mol. The number of anilines is 2. The molecule has 4 aromatic rings. The molecule has 1 unspecified atom stereocenters. The largest absolute Gasteiger partial charge is 0.392 e. The summed E-state index contributed by atoms with van der Waals surface area (Å²) < 4.78 is 17.0. The molecule has 4 heterocycles. The maximum absolute atomic E-state index is 14.9. The van der Waals surface area contributed by atoms with Gasteiger partial charge in [-0.25, -0.2) is 24.3 Å². The van der Waals surface area contributed by atoms with E-state index in [2.05, 4.69) is 45.1 Å². The summed E-state index contributed by atoms with van der Waals surface area (Å²) in [5.74, 6) is 1.48. The van der Waals surface area contributed by atoms with Gasteiger partial charge in [0, 0.05) is 49.6 Å². The van der Waals surface area contributed by atoms with Crippen LogP contribution < -0.4 is 5.32 Å². The van der Waals surface area contributed by atoms with Gasteiger partial charge in [-0.05, 0) is 57.5 Å². The average Bonchev–Trinajstić information content (AvgIpc) is 3.15. The summed E-state index contributed by atoms with van der Waals surface area (Å²) >= 11 is 0. The van der Waals surface area contributed by atoms with Gasteiger partial charge in [0.15, 0.2) is 5.82 Å². The number of rotatable bonds is 6. The van der Waals surface area contributed by atoms with Crippen LogP contribution >= 0.6 is 0 Å². The van der Waals surface area contributed by atoms with Gasteiger partial charge in [0.1, 0.15) is 17.2 Å². The molecule has 35 heavy (non-hydrogen) atoms. The van der Waals surface area contributed by atoms with E-state index in [0.29, 0.717) is 35.1 Å². The van der Waals surface area contributed by atoms with Crippen LogP contribution in [0.1, 0.15) is 43.9 Å². The second-order valence-electron chi connectivity index (χ2n) is 9.48. The van der Waals surface area contributed by atoms with Crippen molar-refractivity contribution in [1.82, 2.24) is 29.4 Å². The smallest absolute Gasteiger partial charge is 0.228 e. The molecule has 3 aromatic heterocycles. The van der Waals surface area contributed by atoms with Crippen LogP contribution in [-0.4, -0.2) is 53.7 Å². The zero-order chi connectivity index (χ0) is 24.7. The number of nitrogens with one attached hydrogen (secondary N) is 1. The fraction of sp³-hybridized carbons (Fsp3) is 0.385. The van der Waals surface area contributed by atoms with Crippen LogP contribution in [0.25, 0.3) is 22.3 Å². The Labute approximate surface area is 203 Å². The Morgan fingerprint density at radius 2 is 1.94 bits per heavy atom. The maximum atomic E-state index is 14.9. The number of fused-ring (bicyclic) bond motifs is 2. The van der Waals surface area contributed by atoms with E-state index in [1.807, 2.05) is 23.6 Å². The first-order valence-corrected chi connectivity index (χ1v) is 12.0. The molecule has 0 spiro atoms. The summed E-state index contributed by atoms with van der Waals surface area (Å²) in [5.41, 5.74) is 4.61. The van der Waals surface area contributed by atoms with Gasteiger partial charge >= 0.3 is 0 Å². The third-order valence-corrected chi connectivity index (χ3v) is 6.28. The van der Waals surface area contributed by atoms with Crippen LogP contribution in [0.4, 0.5) is 16.2 Å². The first kappa shape index (κ1) is 23.3. The van der Waals surface area contributed by atoms with Crippen molar-refractivity contribution in [3.05, 3.63) is 59.4 Å². The number of imidazole rings is 1. The van der Waals surface area contributed by atoms with Crippen LogP contribution in [0.3, 0.4) is 0 Å². The SMILES string of the molecule is Cc1nc2c(F)cc(-c3ccnc(Nc4ccc5c(n4)CCN(CC(C)O)C5)n3)cc2n1C(C)C. The number of β-amino-alcohol motifs (C(OH)–C–C–N with tert-alkyl or cyclic N) is 1. The van der Waals surface area contributed by atoms with E-state index in [1.165, 1.54) is 6.07 Å². The predicted octanol–water partition coefficient (Wildman–Crippen LogP) is 4.40. The summed E-state index contributed by atoms with van der Waals surface area (Å²) in [6.07, 6.45) is 2.13. The fourth-order valence-corrected chi connectivity index (χ4v) is 4.84. The van der Waals surface area contributed by atoms with Crippen LogP contribution in [0.5, 0.6) is 0 Å². The van der Waals surface area contributed by atoms with E-state index in [-0.39, 0.29) is 18.0 Å². The molecule has 2 N–H and O–H groups in total. The maximum Gasteiger partial charge on any atom is 0.228 e. The number of hydrogen-bond acceptors (Lipinski definition) is 7. The van der Waals surface area contributed by atoms with Gasteiger partial charge in [-0.3, -0.25) is 4.90 Å². The highest BCUT2D eigenvalue weighted by Gasteiger charge is 2.19. The Balaban J connectivity index is 1.41. The molecule has 0 saturated heterocycles. The first-order valence-electron chi connectivity index (χ1n) is 12.0. The molecule has 0 radical (unpaired) electrons. The van der Waals surface area contributed by atoms with E-state index in [9.17, 15) is 9.50 Å². The summed E-state index contributed by atoms with van der Waals surface area (Å²) in [6.45, 7) is 10.1. The highest BCUT2D eigenvalue weighted by molar-refractivity contribution is 5.83. The Morgan fingerprint density at radius 3 is 2.71 bits per heavy atom. The van der Waals surface area contributed by atoms with Gasteiger partial charge in [-0.2, -0.15) is 0 Å². The number of benzene rings is 1. The third kappa shape index (κ3) is 4.74. The molecule has 8 nitrogen and oxygen atoms in total. The minimum Gasteiger partial charge on any atom is -0.392 e. The Morgan fingerprint density at radius 1 is 1.11 bits per heavy atom. The molecule has 182 valence electrons. The van der Waals surface area contributed by atoms with E-state index in [1.54, 1.807) is 19.2 Å². The van der Waals surface area contributed by atoms with Crippen molar-refractivity contribution in [2.75, 3.05) is 18.4 Å². The molecule has 1 aromatic carbocycles. The number of aryl methyl sites for hydroxylation is 1. The van der Waals surface area contributed by atoms with E-state index >= 15 is 0 Å². The Hall–Kier alpha value is -3.43. The Kier molecular flexibility index (Phi) is 6.21. The molecule has 0 fully saturated rings. The number of nitrogens with zero attached hydrogens (tertiary/aromatic N) is 6. The molecule has 0 amide bonds. The minimum atomic E-state index is -0.367. The van der Waals surface area contributed by atoms with Gasteiger partial charge in [-0.15, -0.1) is 0 Å². The van der Waals surface area contributed by atoms with E-state index in [4.69, 9.17) is 4.98 Å². The zero-order valence-corrected chi connectivity index (χ0v) is 20.5. The van der Waals surface area contributed by atoms with Gasteiger partial charge in [0.2, 0.25) is 5.95 Å². The molecule has 5 rings (SSSR count). The van der Waals surface area contributed by atoms with Crippen LogP contribution in [0.15, 0.2) is 36.5 Å². The lowest BCUT2D eigenvalue weighted by atomic mass is 10.1. The fourth-order valence-electron chi connectivity index (χ4n) is 4.84. The Bertz CT molecular complexity index is 1380. The van der Waals surface area contributed by atoms with Crippen LogP contribution in [0.2, 0.25) is 0 Å². The standard InChI is InChI=1S/C26H30FN7O/c1-15(2)34-17(4)29-25-20(27)11-19(12-23(25)34)21-7-9-28-26(31-21)32-24-6-5-18-14-33(13-16(3)35)10-8-22(18)30-24/h5-7,9,11-12,15-16,35H,8,10,13-14H2,1-4H3,(H,28,30,31,32). The van der Waals surface area contributed by atoms with Crippen LogP contribution in [0, 0.1) is 12.7 Å². The first-order chi connectivity index (χ1) is 16.8. The number of aliphatic hydroxyl groups excluding tert-OH is 1. The average molecular weight is 476 g/mol. The number of aromatic nitrogens is 5. The van der Waals surface area contributed by atoms with Gasteiger partial charge in [-0.1, -0.05) is 6.07 Å². The molecule has 0 aliphatic carbocycles. The predicted molar refractivity (Wildman–Crippen MR) is 134 cm³/mol. The van der Waals surface area contributed by atoms with Crippen LogP contribution in [-0.2, 0) is 13.0 Å².